The molecule has 0 saturated carbocycles. The average molecular weight is 391 g/mol. The zero-order valence-corrected chi connectivity index (χ0v) is 16.7. The Morgan fingerprint density at radius 3 is 2.41 bits per heavy atom. The lowest BCUT2D eigenvalue weighted by Gasteiger charge is -2.36. The number of hydrogen-bond acceptors (Lipinski definition) is 4. The molecular formula is C16H27BrN2O2S. The van der Waals surface area contributed by atoms with Gasteiger partial charge in [0.1, 0.15) is 5.60 Å². The number of carbonyl (C=O) groups excluding carboxylic acids is 1. The lowest BCUT2D eigenvalue weighted by atomic mass is 10.1. The van der Waals surface area contributed by atoms with Gasteiger partial charge in [-0.15, -0.1) is 11.3 Å². The van der Waals surface area contributed by atoms with Gasteiger partial charge < -0.3 is 15.0 Å². The fourth-order valence-corrected chi connectivity index (χ4v) is 3.32. The van der Waals surface area contributed by atoms with E-state index >= 15 is 0 Å². The SMILES string of the molecule is CC(C)(C)OC(=O)N(CCNCc1sccc1Br)C(C)(C)C. The van der Waals surface area contributed by atoms with Crippen molar-refractivity contribution in [3.63, 3.8) is 0 Å². The third-order valence-electron chi connectivity index (χ3n) is 2.91. The molecule has 1 N–H and O–H groups in total. The molecule has 0 aliphatic carbocycles. The van der Waals surface area contributed by atoms with E-state index < -0.39 is 5.60 Å². The fraction of sp³-hybridized carbons (Fsp3) is 0.688. The monoisotopic (exact) mass is 390 g/mol. The Labute approximate surface area is 146 Å². The number of nitrogens with zero attached hydrogens (tertiary/aromatic N) is 1. The Hall–Kier alpha value is -0.590. The summed E-state index contributed by atoms with van der Waals surface area (Å²) in [6.45, 7) is 13.9. The smallest absolute Gasteiger partial charge is 0.410 e. The molecule has 0 aliphatic rings. The van der Waals surface area contributed by atoms with Crippen LogP contribution in [0, 0.1) is 0 Å². The lowest BCUT2D eigenvalue weighted by molar-refractivity contribution is 0.00664. The first-order chi connectivity index (χ1) is 10.0. The van der Waals surface area contributed by atoms with Gasteiger partial charge in [-0.1, -0.05) is 0 Å². The van der Waals surface area contributed by atoms with Crippen molar-refractivity contribution in [1.29, 1.82) is 0 Å². The van der Waals surface area contributed by atoms with Crippen LogP contribution in [0.15, 0.2) is 15.9 Å². The van der Waals surface area contributed by atoms with E-state index in [9.17, 15) is 4.79 Å². The molecule has 0 saturated heterocycles. The summed E-state index contributed by atoms with van der Waals surface area (Å²) >= 11 is 5.23. The van der Waals surface area contributed by atoms with Crippen LogP contribution < -0.4 is 5.32 Å². The van der Waals surface area contributed by atoms with Crippen LogP contribution in [0.3, 0.4) is 0 Å². The first-order valence-corrected chi connectivity index (χ1v) is 9.11. The molecule has 6 heteroatoms. The summed E-state index contributed by atoms with van der Waals surface area (Å²) < 4.78 is 6.63. The maximum Gasteiger partial charge on any atom is 0.410 e. The van der Waals surface area contributed by atoms with Gasteiger partial charge >= 0.3 is 6.09 Å². The van der Waals surface area contributed by atoms with Crippen LogP contribution >= 0.6 is 27.3 Å². The van der Waals surface area contributed by atoms with Crippen molar-refractivity contribution in [2.45, 2.75) is 59.2 Å². The third kappa shape index (κ3) is 6.67. The van der Waals surface area contributed by atoms with Crippen LogP contribution in [-0.2, 0) is 11.3 Å². The zero-order chi connectivity index (χ0) is 17.0. The van der Waals surface area contributed by atoms with Crippen LogP contribution in [0.25, 0.3) is 0 Å². The molecule has 0 spiro atoms. The summed E-state index contributed by atoms with van der Waals surface area (Å²) in [6.07, 6.45) is -0.265. The number of amides is 1. The maximum atomic E-state index is 12.4. The molecule has 0 atom stereocenters. The number of carbonyl (C=O) groups is 1. The average Bonchev–Trinajstić information content (AvgIpc) is 2.70. The minimum atomic E-state index is -0.476. The van der Waals surface area contributed by atoms with E-state index in [0.717, 1.165) is 17.6 Å². The van der Waals surface area contributed by atoms with Gasteiger partial charge in [-0.25, -0.2) is 4.79 Å². The topological polar surface area (TPSA) is 41.6 Å². The number of nitrogens with one attached hydrogen (secondary N) is 1. The van der Waals surface area contributed by atoms with Crippen molar-refractivity contribution in [1.82, 2.24) is 10.2 Å². The predicted molar refractivity (Wildman–Crippen MR) is 96.4 cm³/mol. The minimum absolute atomic E-state index is 0.265. The number of halogens is 1. The Kier molecular flexibility index (Phi) is 6.89. The molecule has 0 aliphatic heterocycles. The van der Waals surface area contributed by atoms with Crippen molar-refractivity contribution >= 4 is 33.4 Å². The molecule has 0 fully saturated rings. The van der Waals surface area contributed by atoms with Crippen LogP contribution in [0.1, 0.15) is 46.4 Å². The van der Waals surface area contributed by atoms with Crippen molar-refractivity contribution in [3.8, 4) is 0 Å². The molecule has 1 heterocycles. The summed E-state index contributed by atoms with van der Waals surface area (Å²) in [5.74, 6) is 0. The number of rotatable bonds is 5. The molecular weight excluding hydrogens is 364 g/mol. The second-order valence-electron chi connectivity index (χ2n) is 7.17. The zero-order valence-electron chi connectivity index (χ0n) is 14.3. The third-order valence-corrected chi connectivity index (χ3v) is 4.84. The summed E-state index contributed by atoms with van der Waals surface area (Å²) in [7, 11) is 0. The fourth-order valence-electron chi connectivity index (χ4n) is 1.86. The highest BCUT2D eigenvalue weighted by Crippen LogP contribution is 2.22. The summed E-state index contributed by atoms with van der Waals surface area (Å²) in [4.78, 5) is 15.4. The number of hydrogen-bond donors (Lipinski definition) is 1. The number of ether oxygens (including phenoxy) is 1. The first-order valence-electron chi connectivity index (χ1n) is 7.44. The van der Waals surface area contributed by atoms with E-state index in [0.29, 0.717) is 6.54 Å². The molecule has 4 nitrogen and oxygen atoms in total. The van der Waals surface area contributed by atoms with Gasteiger partial charge in [-0.2, -0.15) is 0 Å². The van der Waals surface area contributed by atoms with Crippen LogP contribution in [0.4, 0.5) is 4.79 Å². The van der Waals surface area contributed by atoms with Crippen molar-refractivity contribution in [2.75, 3.05) is 13.1 Å². The second-order valence-corrected chi connectivity index (χ2v) is 9.03. The highest BCUT2D eigenvalue weighted by Gasteiger charge is 2.30. The lowest BCUT2D eigenvalue weighted by Crippen LogP contribution is -2.50. The van der Waals surface area contributed by atoms with E-state index in [4.69, 9.17) is 4.74 Å². The standard InChI is InChI=1S/C16H27BrN2O2S/c1-15(2,3)19(14(20)21-16(4,5)6)9-8-18-11-13-12(17)7-10-22-13/h7,10,18H,8-9,11H2,1-6H3. The number of thiophene rings is 1. The Balaban J connectivity index is 2.52. The molecule has 0 bridgehead atoms. The first kappa shape index (κ1) is 19.5. The van der Waals surface area contributed by atoms with Gasteiger partial charge in [0, 0.05) is 34.5 Å². The minimum Gasteiger partial charge on any atom is -0.444 e. The molecule has 0 radical (unpaired) electrons. The molecule has 0 unspecified atom stereocenters. The quantitative estimate of drug-likeness (QED) is 0.744. The van der Waals surface area contributed by atoms with Crippen molar-refractivity contribution in [2.24, 2.45) is 0 Å². The predicted octanol–water partition coefficient (Wildman–Crippen LogP) is 4.64. The molecule has 126 valence electrons. The Morgan fingerprint density at radius 2 is 1.95 bits per heavy atom. The molecule has 1 rings (SSSR count). The van der Waals surface area contributed by atoms with Gasteiger partial charge in [-0.3, -0.25) is 0 Å². The van der Waals surface area contributed by atoms with Crippen LogP contribution in [0.2, 0.25) is 0 Å². The van der Waals surface area contributed by atoms with E-state index in [1.54, 1.807) is 16.2 Å². The largest absolute Gasteiger partial charge is 0.444 e. The Morgan fingerprint density at radius 1 is 1.32 bits per heavy atom. The van der Waals surface area contributed by atoms with Gasteiger partial charge in [0.05, 0.1) is 0 Å². The molecule has 1 amide bonds. The normalized spacial score (nSPS) is 12.3. The van der Waals surface area contributed by atoms with Gasteiger partial charge in [-0.05, 0) is 68.9 Å². The summed E-state index contributed by atoms with van der Waals surface area (Å²) in [5.41, 5.74) is -0.747. The van der Waals surface area contributed by atoms with Gasteiger partial charge in [0.25, 0.3) is 0 Å². The van der Waals surface area contributed by atoms with Gasteiger partial charge in [0.2, 0.25) is 0 Å². The molecule has 1 aromatic rings. The van der Waals surface area contributed by atoms with Crippen LogP contribution in [-0.4, -0.2) is 35.2 Å². The summed E-state index contributed by atoms with van der Waals surface area (Å²) in [6, 6.07) is 2.05. The molecule has 0 aromatic carbocycles. The second kappa shape index (κ2) is 7.79. The maximum absolute atomic E-state index is 12.4. The van der Waals surface area contributed by atoms with Crippen LogP contribution in [0.5, 0.6) is 0 Å². The van der Waals surface area contributed by atoms with Crippen molar-refractivity contribution < 1.29 is 9.53 Å². The van der Waals surface area contributed by atoms with E-state index in [-0.39, 0.29) is 11.6 Å². The highest BCUT2D eigenvalue weighted by atomic mass is 79.9. The molecule has 1 aromatic heterocycles. The van der Waals surface area contributed by atoms with Gasteiger partial charge in [0.15, 0.2) is 0 Å². The Bertz CT molecular complexity index is 489. The van der Waals surface area contributed by atoms with Crippen molar-refractivity contribution in [3.05, 3.63) is 20.8 Å². The van der Waals surface area contributed by atoms with E-state index in [1.807, 2.05) is 47.6 Å². The molecule has 22 heavy (non-hydrogen) atoms. The van der Waals surface area contributed by atoms with E-state index in [1.165, 1.54) is 4.88 Å². The highest BCUT2D eigenvalue weighted by molar-refractivity contribution is 9.10. The van der Waals surface area contributed by atoms with E-state index in [2.05, 4.69) is 26.6 Å². The summed E-state index contributed by atoms with van der Waals surface area (Å²) in [5, 5.41) is 5.44.